The Labute approximate surface area is 439 Å². The Kier molecular flexibility index (Phi) is 59.4. The average molecular weight is 987 g/mol. The molecule has 0 aliphatic rings. The van der Waals surface area contributed by atoms with E-state index < -0.39 is 18.2 Å². The van der Waals surface area contributed by atoms with Crippen LogP contribution in [0.4, 0.5) is 0 Å². The Morgan fingerprint density at radius 3 is 0.914 bits per heavy atom. The summed E-state index contributed by atoms with van der Waals surface area (Å²) in [5.74, 6) is -0.317. The van der Waals surface area contributed by atoms with Crippen LogP contribution < -0.4 is 5.32 Å². The molecule has 0 saturated carbocycles. The first-order chi connectivity index (χ1) is 34.5. The Hall–Kier alpha value is -1.17. The molecule has 5 nitrogen and oxygen atoms in total. The molecule has 0 rings (SSSR count). The molecule has 0 bridgehead atoms. The van der Waals surface area contributed by atoms with E-state index in [1.165, 1.54) is 302 Å². The van der Waals surface area contributed by atoms with Gasteiger partial charge in [-0.2, -0.15) is 0 Å². The molecule has 0 spiro atoms. The lowest BCUT2D eigenvalue weighted by Gasteiger charge is -2.21. The fourth-order valence-corrected chi connectivity index (χ4v) is 10.4. The number of allylic oxidation sites excluding steroid dienone is 3. The van der Waals surface area contributed by atoms with Gasteiger partial charge in [0, 0.05) is 0 Å². The lowest BCUT2D eigenvalue weighted by Crippen LogP contribution is -2.45. The molecule has 5 heteroatoms. The van der Waals surface area contributed by atoms with Crippen LogP contribution in [0.3, 0.4) is 0 Å². The predicted octanol–water partition coefficient (Wildman–Crippen LogP) is 20.4. The van der Waals surface area contributed by atoms with Gasteiger partial charge < -0.3 is 20.6 Å². The summed E-state index contributed by atoms with van der Waals surface area (Å²) in [5, 5.41) is 33.5. The molecule has 0 aromatic heterocycles. The van der Waals surface area contributed by atoms with E-state index in [1.807, 2.05) is 6.08 Å². The molecule has 1 amide bonds. The number of carbonyl (C=O) groups excluding carboxylic acids is 1. The van der Waals surface area contributed by atoms with Gasteiger partial charge in [-0.05, 0) is 32.1 Å². The zero-order valence-electron chi connectivity index (χ0n) is 47.7. The number of aliphatic hydroxyl groups excluding tert-OH is 3. The Morgan fingerprint density at radius 1 is 0.357 bits per heavy atom. The third-order valence-electron chi connectivity index (χ3n) is 15.2. The van der Waals surface area contributed by atoms with Crippen molar-refractivity contribution in [3.8, 4) is 0 Å². The van der Waals surface area contributed by atoms with Gasteiger partial charge in [0.05, 0.1) is 31.3 Å². The van der Waals surface area contributed by atoms with Crippen LogP contribution in [0.1, 0.15) is 361 Å². The normalized spacial score (nSPS) is 13.3. The maximum absolute atomic E-state index is 12.6. The minimum Gasteiger partial charge on any atom is -0.394 e. The van der Waals surface area contributed by atoms with Crippen molar-refractivity contribution in [1.29, 1.82) is 0 Å². The first kappa shape index (κ1) is 68.8. The Balaban J connectivity index is 3.51. The smallest absolute Gasteiger partial charge is 0.222 e. The van der Waals surface area contributed by atoms with Crippen molar-refractivity contribution in [2.24, 2.45) is 0 Å². The summed E-state index contributed by atoms with van der Waals surface area (Å²) in [7, 11) is 0. The van der Waals surface area contributed by atoms with Crippen LogP contribution in [0.5, 0.6) is 0 Å². The Morgan fingerprint density at radius 2 is 0.614 bits per heavy atom. The molecule has 3 atom stereocenters. The van der Waals surface area contributed by atoms with Crippen molar-refractivity contribution < 1.29 is 20.1 Å². The van der Waals surface area contributed by atoms with Gasteiger partial charge in [-0.15, -0.1) is 0 Å². The van der Waals surface area contributed by atoms with Crippen molar-refractivity contribution in [2.45, 2.75) is 379 Å². The van der Waals surface area contributed by atoms with Crippen molar-refractivity contribution in [3.63, 3.8) is 0 Å². The molecule has 3 unspecified atom stereocenters. The second kappa shape index (κ2) is 60.4. The van der Waals surface area contributed by atoms with Crippen LogP contribution in [-0.4, -0.2) is 46.1 Å². The molecule has 0 saturated heterocycles. The first-order valence-electron chi connectivity index (χ1n) is 32.1. The maximum Gasteiger partial charge on any atom is 0.222 e. The molecule has 416 valence electrons. The lowest BCUT2D eigenvalue weighted by atomic mass is 10.0. The lowest BCUT2D eigenvalue weighted by molar-refractivity contribution is -0.124. The van der Waals surface area contributed by atoms with E-state index in [-0.39, 0.29) is 18.9 Å². The zero-order valence-corrected chi connectivity index (χ0v) is 47.7. The van der Waals surface area contributed by atoms with Gasteiger partial charge in [-0.1, -0.05) is 346 Å². The van der Waals surface area contributed by atoms with Crippen LogP contribution >= 0.6 is 0 Å². The van der Waals surface area contributed by atoms with Gasteiger partial charge in [0.15, 0.2) is 0 Å². The van der Waals surface area contributed by atoms with Crippen molar-refractivity contribution in [1.82, 2.24) is 5.32 Å². The second-order valence-corrected chi connectivity index (χ2v) is 22.4. The summed E-state index contributed by atoms with van der Waals surface area (Å²) >= 11 is 0. The predicted molar refractivity (Wildman–Crippen MR) is 310 cm³/mol. The van der Waals surface area contributed by atoms with E-state index in [0.717, 1.165) is 32.1 Å². The minimum absolute atomic E-state index is 0.0107. The number of rotatable bonds is 60. The van der Waals surface area contributed by atoms with E-state index in [2.05, 4.69) is 31.3 Å². The molecular formula is C65H127NO4. The molecular weight excluding hydrogens is 859 g/mol. The SMILES string of the molecule is CCCCCCCCCCCCCCCCCCCC/C=C/CC/C=C/C(O)C(CO)NC(=O)CC(O)CCCCCCCCCCCCCCCCCCCCCCCCCCCCCCCCC. The highest BCUT2D eigenvalue weighted by atomic mass is 16.3. The number of nitrogens with one attached hydrogen (secondary N) is 1. The molecule has 0 aromatic carbocycles. The maximum atomic E-state index is 12.6. The summed E-state index contributed by atoms with van der Waals surface area (Å²) in [6.07, 6.45) is 78.4. The third-order valence-corrected chi connectivity index (χ3v) is 15.2. The van der Waals surface area contributed by atoms with Crippen LogP contribution in [-0.2, 0) is 4.79 Å². The quantitative estimate of drug-likeness (QED) is 0.0361. The van der Waals surface area contributed by atoms with Gasteiger partial charge in [0.2, 0.25) is 5.91 Å². The van der Waals surface area contributed by atoms with Gasteiger partial charge >= 0.3 is 0 Å². The summed E-state index contributed by atoms with van der Waals surface area (Å²) < 4.78 is 0. The topological polar surface area (TPSA) is 89.8 Å². The van der Waals surface area contributed by atoms with E-state index in [0.29, 0.717) is 6.42 Å². The Bertz CT molecular complexity index is 1040. The number of aliphatic hydroxyl groups is 3. The standard InChI is InChI=1S/C65H127NO4/c1-3-5-7-9-11-13-15-17-19-21-23-25-27-29-30-31-32-33-34-35-36-38-40-42-44-46-48-50-52-54-56-58-62(68)60-65(70)66-63(61-67)64(69)59-57-55-53-51-49-47-45-43-41-39-37-28-26-24-22-20-18-16-14-12-10-8-6-4-2/h49,51,57,59,62-64,67-69H,3-48,50,52-56,58,60-61H2,1-2H3,(H,66,70)/b51-49+,59-57+. The van der Waals surface area contributed by atoms with E-state index in [4.69, 9.17) is 0 Å². The number of unbranched alkanes of at least 4 members (excludes halogenated alkanes) is 49. The van der Waals surface area contributed by atoms with Crippen molar-refractivity contribution >= 4 is 5.91 Å². The van der Waals surface area contributed by atoms with Crippen LogP contribution in [0, 0.1) is 0 Å². The highest BCUT2D eigenvalue weighted by Crippen LogP contribution is 2.19. The molecule has 70 heavy (non-hydrogen) atoms. The molecule has 0 aliphatic carbocycles. The van der Waals surface area contributed by atoms with Gasteiger partial charge in [0.25, 0.3) is 0 Å². The number of hydrogen-bond donors (Lipinski definition) is 4. The van der Waals surface area contributed by atoms with Crippen LogP contribution in [0.25, 0.3) is 0 Å². The third kappa shape index (κ3) is 56.1. The van der Waals surface area contributed by atoms with Crippen molar-refractivity contribution in [3.05, 3.63) is 24.3 Å². The van der Waals surface area contributed by atoms with Crippen LogP contribution in [0.2, 0.25) is 0 Å². The highest BCUT2D eigenvalue weighted by Gasteiger charge is 2.20. The van der Waals surface area contributed by atoms with Gasteiger partial charge in [0.1, 0.15) is 0 Å². The summed E-state index contributed by atoms with van der Waals surface area (Å²) in [4.78, 5) is 12.6. The van der Waals surface area contributed by atoms with E-state index in [9.17, 15) is 20.1 Å². The van der Waals surface area contributed by atoms with E-state index in [1.54, 1.807) is 6.08 Å². The summed E-state index contributed by atoms with van der Waals surface area (Å²) in [5.41, 5.74) is 0. The van der Waals surface area contributed by atoms with Crippen LogP contribution in [0.15, 0.2) is 24.3 Å². The van der Waals surface area contributed by atoms with Gasteiger partial charge in [-0.25, -0.2) is 0 Å². The first-order valence-corrected chi connectivity index (χ1v) is 32.1. The summed E-state index contributed by atoms with van der Waals surface area (Å²) in [6, 6.07) is -0.760. The van der Waals surface area contributed by atoms with Gasteiger partial charge in [-0.3, -0.25) is 4.79 Å². The molecule has 0 heterocycles. The van der Waals surface area contributed by atoms with E-state index >= 15 is 0 Å². The molecule has 4 N–H and O–H groups in total. The molecule has 0 fully saturated rings. The zero-order chi connectivity index (χ0) is 50.7. The fraction of sp³-hybridized carbons (Fsp3) is 0.923. The largest absolute Gasteiger partial charge is 0.394 e. The number of amides is 1. The fourth-order valence-electron chi connectivity index (χ4n) is 10.4. The highest BCUT2D eigenvalue weighted by molar-refractivity contribution is 5.76. The number of carbonyl (C=O) groups is 1. The number of hydrogen-bond acceptors (Lipinski definition) is 4. The molecule has 0 aromatic rings. The monoisotopic (exact) mass is 986 g/mol. The second-order valence-electron chi connectivity index (χ2n) is 22.4. The minimum atomic E-state index is -0.951. The summed E-state index contributed by atoms with van der Waals surface area (Å²) in [6.45, 7) is 4.25. The average Bonchev–Trinajstić information content (AvgIpc) is 3.36. The van der Waals surface area contributed by atoms with Crippen molar-refractivity contribution in [2.75, 3.05) is 6.61 Å². The molecule has 0 aliphatic heterocycles. The molecule has 0 radical (unpaired) electrons.